The highest BCUT2D eigenvalue weighted by Crippen LogP contribution is 2.26. The maximum atomic E-state index is 12.3. The standard InChI is InChI=1S/C25H37N5O4/c1-25(2,3)34-24(33)30-10-8-18(9-11-30)17-28-12-14-29(15-13-28)19-4-6-21(26-16-19)20-5-7-22(31)27-23(20)32/h4,6,16,18,20H,5,7-15,17H2,1-3H3,(H,27,31,32). The quantitative estimate of drug-likeness (QED) is 0.674. The van der Waals surface area contributed by atoms with Crippen LogP contribution in [0, 0.1) is 5.92 Å². The van der Waals surface area contributed by atoms with E-state index in [1.54, 1.807) is 0 Å². The fourth-order valence-electron chi connectivity index (χ4n) is 4.94. The maximum absolute atomic E-state index is 12.3. The van der Waals surface area contributed by atoms with E-state index in [4.69, 9.17) is 4.74 Å². The number of carbonyl (C=O) groups is 3. The van der Waals surface area contributed by atoms with E-state index in [-0.39, 0.29) is 23.8 Å². The molecule has 34 heavy (non-hydrogen) atoms. The van der Waals surface area contributed by atoms with Crippen molar-refractivity contribution in [2.24, 2.45) is 5.92 Å². The van der Waals surface area contributed by atoms with E-state index in [1.165, 1.54) is 0 Å². The number of piperidine rings is 2. The van der Waals surface area contributed by atoms with Gasteiger partial charge in [-0.1, -0.05) is 0 Å². The Labute approximate surface area is 201 Å². The van der Waals surface area contributed by atoms with Gasteiger partial charge in [0.15, 0.2) is 0 Å². The number of likely N-dealkylation sites (tertiary alicyclic amines) is 1. The molecule has 3 fully saturated rings. The lowest BCUT2D eigenvalue weighted by atomic mass is 9.94. The highest BCUT2D eigenvalue weighted by atomic mass is 16.6. The number of imide groups is 1. The Bertz CT molecular complexity index is 882. The lowest BCUT2D eigenvalue weighted by Gasteiger charge is -2.39. The maximum Gasteiger partial charge on any atom is 0.410 e. The fraction of sp³-hybridized carbons (Fsp3) is 0.680. The van der Waals surface area contributed by atoms with Crippen molar-refractivity contribution >= 4 is 23.6 Å². The summed E-state index contributed by atoms with van der Waals surface area (Å²) in [6, 6.07) is 3.95. The van der Waals surface area contributed by atoms with Gasteiger partial charge >= 0.3 is 6.09 Å². The minimum atomic E-state index is -0.450. The zero-order chi connectivity index (χ0) is 24.3. The van der Waals surface area contributed by atoms with Crippen LogP contribution < -0.4 is 10.2 Å². The number of carbonyl (C=O) groups excluding carboxylic acids is 3. The van der Waals surface area contributed by atoms with E-state index in [0.717, 1.165) is 70.0 Å². The topological polar surface area (TPSA) is 95.1 Å². The van der Waals surface area contributed by atoms with Gasteiger partial charge < -0.3 is 14.5 Å². The minimum Gasteiger partial charge on any atom is -0.444 e. The number of nitrogens with one attached hydrogen (secondary N) is 1. The molecular weight excluding hydrogens is 434 g/mol. The van der Waals surface area contributed by atoms with Crippen LogP contribution in [0.3, 0.4) is 0 Å². The number of aromatic nitrogens is 1. The van der Waals surface area contributed by atoms with Gasteiger partial charge in [0.1, 0.15) is 5.60 Å². The summed E-state index contributed by atoms with van der Waals surface area (Å²) < 4.78 is 5.50. The molecule has 0 bridgehead atoms. The first kappa shape index (κ1) is 24.4. The molecule has 1 aromatic rings. The zero-order valence-electron chi connectivity index (χ0n) is 20.6. The molecule has 1 N–H and O–H groups in total. The number of hydrogen-bond donors (Lipinski definition) is 1. The summed E-state index contributed by atoms with van der Waals surface area (Å²) >= 11 is 0. The first-order valence-corrected chi connectivity index (χ1v) is 12.4. The fourth-order valence-corrected chi connectivity index (χ4v) is 4.94. The average molecular weight is 472 g/mol. The third kappa shape index (κ3) is 6.25. The second kappa shape index (κ2) is 10.3. The number of hydrogen-bond acceptors (Lipinski definition) is 7. The Morgan fingerprint density at radius 1 is 1.06 bits per heavy atom. The van der Waals surface area contributed by atoms with Crippen LogP contribution in [0.25, 0.3) is 0 Å². The lowest BCUT2D eigenvalue weighted by Crippen LogP contribution is -2.49. The zero-order valence-corrected chi connectivity index (χ0v) is 20.6. The smallest absolute Gasteiger partial charge is 0.410 e. The van der Waals surface area contributed by atoms with Crippen molar-refractivity contribution in [1.29, 1.82) is 0 Å². The van der Waals surface area contributed by atoms with Crippen molar-refractivity contribution in [3.63, 3.8) is 0 Å². The minimum absolute atomic E-state index is 0.197. The number of pyridine rings is 1. The number of piperazine rings is 1. The summed E-state index contributed by atoms with van der Waals surface area (Å²) in [6.07, 6.45) is 4.57. The van der Waals surface area contributed by atoms with Crippen molar-refractivity contribution in [2.45, 2.75) is 58.0 Å². The lowest BCUT2D eigenvalue weighted by molar-refractivity contribution is -0.134. The van der Waals surface area contributed by atoms with Crippen LogP contribution >= 0.6 is 0 Å². The van der Waals surface area contributed by atoms with Gasteiger partial charge in [-0.05, 0) is 58.1 Å². The number of anilines is 1. The molecule has 0 spiro atoms. The molecule has 1 aromatic heterocycles. The van der Waals surface area contributed by atoms with Crippen LogP contribution in [0.1, 0.15) is 58.1 Å². The van der Waals surface area contributed by atoms with Gasteiger partial charge in [0.25, 0.3) is 0 Å². The van der Waals surface area contributed by atoms with Crippen LogP contribution in [-0.2, 0) is 14.3 Å². The molecule has 3 saturated heterocycles. The first-order valence-electron chi connectivity index (χ1n) is 12.4. The van der Waals surface area contributed by atoms with Crippen molar-refractivity contribution in [3.05, 3.63) is 24.0 Å². The van der Waals surface area contributed by atoms with Crippen LogP contribution in [0.2, 0.25) is 0 Å². The van der Waals surface area contributed by atoms with Crippen LogP contribution in [0.4, 0.5) is 10.5 Å². The molecule has 3 aliphatic rings. The van der Waals surface area contributed by atoms with Gasteiger partial charge in [-0.3, -0.25) is 24.8 Å². The molecule has 186 valence electrons. The van der Waals surface area contributed by atoms with Gasteiger partial charge in [0.2, 0.25) is 11.8 Å². The normalized spacial score (nSPS) is 23.1. The Morgan fingerprint density at radius 2 is 1.76 bits per heavy atom. The summed E-state index contributed by atoms with van der Waals surface area (Å²) in [5, 5.41) is 2.40. The molecule has 3 aliphatic heterocycles. The molecular formula is C25H37N5O4. The van der Waals surface area contributed by atoms with E-state index >= 15 is 0 Å². The molecule has 4 heterocycles. The third-order valence-corrected chi connectivity index (χ3v) is 6.89. The molecule has 0 radical (unpaired) electrons. The molecule has 0 saturated carbocycles. The molecule has 4 rings (SSSR count). The Morgan fingerprint density at radius 3 is 2.35 bits per heavy atom. The van der Waals surface area contributed by atoms with Crippen molar-refractivity contribution in [3.8, 4) is 0 Å². The summed E-state index contributed by atoms with van der Waals surface area (Å²) in [5.74, 6) is -0.184. The number of ether oxygens (including phenoxy) is 1. The Hall–Kier alpha value is -2.68. The Balaban J connectivity index is 1.20. The average Bonchev–Trinajstić information content (AvgIpc) is 2.79. The van der Waals surface area contributed by atoms with Gasteiger partial charge in [0.05, 0.1) is 23.5 Å². The van der Waals surface area contributed by atoms with Gasteiger partial charge in [-0.2, -0.15) is 0 Å². The summed E-state index contributed by atoms with van der Waals surface area (Å²) in [5.41, 5.74) is 1.35. The van der Waals surface area contributed by atoms with E-state index in [0.29, 0.717) is 18.8 Å². The SMILES string of the molecule is CC(C)(C)OC(=O)N1CCC(CN2CCN(c3ccc(C4CCC(=O)NC4=O)nc3)CC2)CC1. The van der Waals surface area contributed by atoms with Crippen molar-refractivity contribution < 1.29 is 19.1 Å². The predicted octanol–water partition coefficient (Wildman–Crippen LogP) is 2.37. The second-order valence-corrected chi connectivity index (χ2v) is 10.6. The second-order valence-electron chi connectivity index (χ2n) is 10.6. The van der Waals surface area contributed by atoms with E-state index < -0.39 is 5.60 Å². The largest absolute Gasteiger partial charge is 0.444 e. The number of amides is 3. The highest BCUT2D eigenvalue weighted by molar-refractivity contribution is 6.00. The highest BCUT2D eigenvalue weighted by Gasteiger charge is 2.30. The molecule has 0 aliphatic carbocycles. The molecule has 9 heteroatoms. The first-order chi connectivity index (χ1) is 16.2. The summed E-state index contributed by atoms with van der Waals surface area (Å²) in [7, 11) is 0. The van der Waals surface area contributed by atoms with Crippen LogP contribution in [0.5, 0.6) is 0 Å². The van der Waals surface area contributed by atoms with E-state index in [1.807, 2.05) is 44.0 Å². The van der Waals surface area contributed by atoms with Gasteiger partial charge in [0, 0.05) is 52.2 Å². The van der Waals surface area contributed by atoms with Crippen molar-refractivity contribution in [2.75, 3.05) is 50.7 Å². The number of nitrogens with zero attached hydrogens (tertiary/aromatic N) is 4. The van der Waals surface area contributed by atoms with Crippen LogP contribution in [-0.4, -0.2) is 84.1 Å². The molecule has 0 aromatic carbocycles. The van der Waals surface area contributed by atoms with E-state index in [2.05, 4.69) is 20.1 Å². The molecule has 3 amide bonds. The Kier molecular flexibility index (Phi) is 7.40. The molecule has 1 atom stereocenters. The van der Waals surface area contributed by atoms with Crippen molar-refractivity contribution in [1.82, 2.24) is 20.1 Å². The van der Waals surface area contributed by atoms with Gasteiger partial charge in [-0.15, -0.1) is 0 Å². The third-order valence-electron chi connectivity index (χ3n) is 6.89. The summed E-state index contributed by atoms with van der Waals surface area (Å²) in [4.78, 5) is 47.0. The monoisotopic (exact) mass is 471 g/mol. The number of rotatable bonds is 4. The van der Waals surface area contributed by atoms with E-state index in [9.17, 15) is 14.4 Å². The summed E-state index contributed by atoms with van der Waals surface area (Å²) in [6.45, 7) is 12.2. The van der Waals surface area contributed by atoms with Gasteiger partial charge in [-0.25, -0.2) is 4.79 Å². The molecule has 1 unspecified atom stereocenters. The predicted molar refractivity (Wildman–Crippen MR) is 129 cm³/mol. The molecule has 9 nitrogen and oxygen atoms in total. The van der Waals surface area contributed by atoms with Crippen LogP contribution in [0.15, 0.2) is 18.3 Å².